The molecule has 3 atom stereocenters. The Morgan fingerprint density at radius 2 is 2.21 bits per heavy atom. The standard InChI is InChI=1S/C9H17NO4/c1-5(8(11)12)7(10)6-4-13-9(2,3)14-6/h5-7H,4,10H2,1-3H3,(H,11,12). The molecule has 1 aliphatic heterocycles. The minimum atomic E-state index is -0.911. The molecule has 14 heavy (non-hydrogen) atoms. The third-order valence-corrected chi connectivity index (χ3v) is 2.43. The van der Waals surface area contributed by atoms with E-state index in [-0.39, 0.29) is 6.10 Å². The zero-order valence-corrected chi connectivity index (χ0v) is 8.69. The van der Waals surface area contributed by atoms with Crippen molar-refractivity contribution < 1.29 is 19.4 Å². The van der Waals surface area contributed by atoms with Crippen molar-refractivity contribution in [2.45, 2.75) is 38.7 Å². The van der Waals surface area contributed by atoms with Crippen molar-refractivity contribution in [1.82, 2.24) is 0 Å². The summed E-state index contributed by atoms with van der Waals surface area (Å²) < 4.78 is 10.8. The molecule has 0 aliphatic carbocycles. The molecule has 0 amide bonds. The number of ether oxygens (including phenoxy) is 2. The highest BCUT2D eigenvalue weighted by Gasteiger charge is 2.39. The van der Waals surface area contributed by atoms with Crippen molar-refractivity contribution >= 4 is 5.97 Å². The molecule has 0 saturated carbocycles. The van der Waals surface area contributed by atoms with Gasteiger partial charge in [0.1, 0.15) is 6.10 Å². The van der Waals surface area contributed by atoms with Crippen LogP contribution in [0, 0.1) is 5.92 Å². The minimum absolute atomic E-state index is 0.337. The van der Waals surface area contributed by atoms with E-state index in [9.17, 15) is 4.79 Å². The Hall–Kier alpha value is -0.650. The molecule has 0 aromatic carbocycles. The fourth-order valence-corrected chi connectivity index (χ4v) is 1.39. The van der Waals surface area contributed by atoms with Crippen LogP contribution in [0.3, 0.4) is 0 Å². The maximum atomic E-state index is 10.7. The number of rotatable bonds is 3. The molecule has 0 aromatic heterocycles. The largest absolute Gasteiger partial charge is 0.481 e. The first kappa shape index (κ1) is 11.4. The molecule has 1 rings (SSSR count). The van der Waals surface area contributed by atoms with Crippen LogP contribution >= 0.6 is 0 Å². The maximum Gasteiger partial charge on any atom is 0.307 e. The van der Waals surface area contributed by atoms with Gasteiger partial charge in [-0.3, -0.25) is 4.79 Å². The number of carboxylic acid groups (broad SMARTS) is 1. The lowest BCUT2D eigenvalue weighted by atomic mass is 9.98. The summed E-state index contributed by atoms with van der Waals surface area (Å²) in [5.41, 5.74) is 5.76. The molecular formula is C9H17NO4. The monoisotopic (exact) mass is 203 g/mol. The molecule has 3 unspecified atom stereocenters. The number of aliphatic carboxylic acids is 1. The van der Waals surface area contributed by atoms with Crippen LogP contribution in [-0.4, -0.2) is 35.6 Å². The van der Waals surface area contributed by atoms with Gasteiger partial charge in [0.25, 0.3) is 0 Å². The Morgan fingerprint density at radius 1 is 1.64 bits per heavy atom. The highest BCUT2D eigenvalue weighted by atomic mass is 16.7. The second kappa shape index (κ2) is 3.84. The number of hydrogen-bond acceptors (Lipinski definition) is 4. The Morgan fingerprint density at radius 3 is 2.57 bits per heavy atom. The summed E-state index contributed by atoms with van der Waals surface area (Å²) in [7, 11) is 0. The number of carbonyl (C=O) groups is 1. The van der Waals surface area contributed by atoms with Crippen LogP contribution in [-0.2, 0) is 14.3 Å². The average Bonchev–Trinajstić information content (AvgIpc) is 2.43. The van der Waals surface area contributed by atoms with Crippen LogP contribution in [0.5, 0.6) is 0 Å². The second-order valence-electron chi connectivity index (χ2n) is 4.07. The molecule has 0 aromatic rings. The predicted octanol–water partition coefficient (Wildman–Crippen LogP) is 0.186. The van der Waals surface area contributed by atoms with Crippen LogP contribution in [0.2, 0.25) is 0 Å². The average molecular weight is 203 g/mol. The van der Waals surface area contributed by atoms with E-state index < -0.39 is 23.7 Å². The molecule has 1 aliphatic rings. The van der Waals surface area contributed by atoms with Gasteiger partial charge in [-0.05, 0) is 13.8 Å². The molecule has 0 radical (unpaired) electrons. The molecule has 5 heteroatoms. The van der Waals surface area contributed by atoms with E-state index >= 15 is 0 Å². The second-order valence-corrected chi connectivity index (χ2v) is 4.07. The van der Waals surface area contributed by atoms with Gasteiger partial charge in [0, 0.05) is 6.04 Å². The fraction of sp³-hybridized carbons (Fsp3) is 0.889. The maximum absolute atomic E-state index is 10.7. The summed E-state index contributed by atoms with van der Waals surface area (Å²) >= 11 is 0. The summed E-state index contributed by atoms with van der Waals surface area (Å²) in [6.45, 7) is 5.49. The van der Waals surface area contributed by atoms with E-state index in [2.05, 4.69) is 0 Å². The first-order chi connectivity index (χ1) is 6.33. The number of carboxylic acids is 1. The highest BCUT2D eigenvalue weighted by Crippen LogP contribution is 2.25. The Labute approximate surface area is 83.2 Å². The van der Waals surface area contributed by atoms with Crippen molar-refractivity contribution in [3.63, 3.8) is 0 Å². The van der Waals surface area contributed by atoms with Gasteiger partial charge in [-0.1, -0.05) is 6.92 Å². The Kier molecular flexibility index (Phi) is 3.14. The fourth-order valence-electron chi connectivity index (χ4n) is 1.39. The quantitative estimate of drug-likeness (QED) is 0.684. The highest BCUT2D eigenvalue weighted by molar-refractivity contribution is 5.70. The van der Waals surface area contributed by atoms with Gasteiger partial charge in [0.05, 0.1) is 12.5 Å². The van der Waals surface area contributed by atoms with Crippen molar-refractivity contribution in [3.8, 4) is 0 Å². The summed E-state index contributed by atoms with van der Waals surface area (Å²) in [4.78, 5) is 10.7. The SMILES string of the molecule is CC(C(=O)O)C(N)C1COC(C)(C)O1. The van der Waals surface area contributed by atoms with Crippen molar-refractivity contribution in [1.29, 1.82) is 0 Å². The molecular weight excluding hydrogens is 186 g/mol. The lowest BCUT2D eigenvalue weighted by Gasteiger charge is -2.23. The number of hydrogen-bond donors (Lipinski definition) is 2. The summed E-state index contributed by atoms with van der Waals surface area (Å²) in [6.07, 6.45) is -0.337. The predicted molar refractivity (Wildman–Crippen MR) is 49.7 cm³/mol. The van der Waals surface area contributed by atoms with Gasteiger partial charge in [-0.15, -0.1) is 0 Å². The lowest BCUT2D eigenvalue weighted by Crippen LogP contribution is -2.45. The van der Waals surface area contributed by atoms with Crippen LogP contribution in [0.1, 0.15) is 20.8 Å². The third-order valence-electron chi connectivity index (χ3n) is 2.43. The van der Waals surface area contributed by atoms with E-state index in [0.29, 0.717) is 6.61 Å². The molecule has 0 spiro atoms. The van der Waals surface area contributed by atoms with E-state index in [4.69, 9.17) is 20.3 Å². The minimum Gasteiger partial charge on any atom is -0.481 e. The van der Waals surface area contributed by atoms with Gasteiger partial charge >= 0.3 is 5.97 Å². The van der Waals surface area contributed by atoms with Gasteiger partial charge in [-0.25, -0.2) is 0 Å². The van der Waals surface area contributed by atoms with E-state index in [0.717, 1.165) is 0 Å². The summed E-state index contributed by atoms with van der Waals surface area (Å²) in [6, 6.07) is -0.533. The number of nitrogens with two attached hydrogens (primary N) is 1. The van der Waals surface area contributed by atoms with Gasteiger partial charge in [-0.2, -0.15) is 0 Å². The van der Waals surface area contributed by atoms with Gasteiger partial charge in [0.2, 0.25) is 0 Å². The topological polar surface area (TPSA) is 81.8 Å². The van der Waals surface area contributed by atoms with Crippen LogP contribution in [0.4, 0.5) is 0 Å². The van der Waals surface area contributed by atoms with E-state index in [1.165, 1.54) is 0 Å². The van der Waals surface area contributed by atoms with E-state index in [1.54, 1.807) is 20.8 Å². The van der Waals surface area contributed by atoms with Crippen LogP contribution in [0.25, 0.3) is 0 Å². The zero-order valence-electron chi connectivity index (χ0n) is 8.69. The van der Waals surface area contributed by atoms with E-state index in [1.807, 2.05) is 0 Å². The Bertz CT molecular complexity index is 229. The molecule has 5 nitrogen and oxygen atoms in total. The molecule has 0 bridgehead atoms. The van der Waals surface area contributed by atoms with Crippen LogP contribution in [0.15, 0.2) is 0 Å². The summed E-state index contributed by atoms with van der Waals surface area (Å²) in [5.74, 6) is -2.19. The summed E-state index contributed by atoms with van der Waals surface area (Å²) in [5, 5.41) is 8.77. The Balaban J connectivity index is 2.55. The lowest BCUT2D eigenvalue weighted by molar-refractivity contribution is -0.151. The van der Waals surface area contributed by atoms with Gasteiger partial charge in [0.15, 0.2) is 5.79 Å². The normalized spacial score (nSPS) is 29.9. The molecule has 1 heterocycles. The van der Waals surface area contributed by atoms with Gasteiger partial charge < -0.3 is 20.3 Å². The van der Waals surface area contributed by atoms with Crippen LogP contribution < -0.4 is 5.73 Å². The molecule has 3 N–H and O–H groups in total. The smallest absolute Gasteiger partial charge is 0.307 e. The van der Waals surface area contributed by atoms with Crippen molar-refractivity contribution in [2.24, 2.45) is 11.7 Å². The molecule has 82 valence electrons. The molecule has 1 saturated heterocycles. The third kappa shape index (κ3) is 2.43. The first-order valence-corrected chi connectivity index (χ1v) is 4.63. The molecule has 1 fully saturated rings. The zero-order chi connectivity index (χ0) is 10.9. The van der Waals surface area contributed by atoms with Crippen molar-refractivity contribution in [2.75, 3.05) is 6.61 Å². The van der Waals surface area contributed by atoms with Crippen molar-refractivity contribution in [3.05, 3.63) is 0 Å². The first-order valence-electron chi connectivity index (χ1n) is 4.63.